The van der Waals surface area contributed by atoms with Crippen molar-refractivity contribution in [1.82, 2.24) is 10.3 Å². The molecule has 1 N–H and O–H groups in total. The van der Waals surface area contributed by atoms with Crippen LogP contribution in [0.1, 0.15) is 36.2 Å². The van der Waals surface area contributed by atoms with Crippen LogP contribution < -0.4 is 5.32 Å². The van der Waals surface area contributed by atoms with Gasteiger partial charge in [0.25, 0.3) is 5.91 Å². The van der Waals surface area contributed by atoms with Gasteiger partial charge in [-0.25, -0.2) is 4.98 Å². The highest BCUT2D eigenvalue weighted by molar-refractivity contribution is 5.92. The minimum absolute atomic E-state index is 0.0644. The maximum atomic E-state index is 12.8. The molecule has 0 fully saturated rings. The fraction of sp³-hybridized carbons (Fsp3) is 0.462. The summed E-state index contributed by atoms with van der Waals surface area (Å²) in [7, 11) is 1.36. The molecule has 0 aromatic carbocycles. The predicted octanol–water partition coefficient (Wildman–Crippen LogP) is 1.68. The van der Waals surface area contributed by atoms with Gasteiger partial charge in [0, 0.05) is 13.0 Å². The topological polar surface area (TPSA) is 68.3 Å². The molecule has 19 heavy (non-hydrogen) atoms. The number of nitrogens with zero attached hydrogens (tertiary/aromatic N) is 1. The average Bonchev–Trinajstić information content (AvgIpc) is 2.42. The van der Waals surface area contributed by atoms with Gasteiger partial charge in [-0.2, -0.15) is 4.39 Å². The number of rotatable bonds is 7. The first-order chi connectivity index (χ1) is 9.13. The van der Waals surface area contributed by atoms with Crippen molar-refractivity contribution in [3.05, 3.63) is 29.8 Å². The zero-order valence-corrected chi connectivity index (χ0v) is 10.8. The Morgan fingerprint density at radius 2 is 2.11 bits per heavy atom. The van der Waals surface area contributed by atoms with Crippen LogP contribution in [0.2, 0.25) is 0 Å². The second kappa shape index (κ2) is 8.18. The first-order valence-electron chi connectivity index (χ1n) is 6.11. The number of nitrogens with one attached hydrogen (secondary N) is 1. The second-order valence-corrected chi connectivity index (χ2v) is 3.99. The third kappa shape index (κ3) is 5.94. The van der Waals surface area contributed by atoms with Crippen molar-refractivity contribution in [3.63, 3.8) is 0 Å². The molecule has 0 saturated carbocycles. The zero-order valence-electron chi connectivity index (χ0n) is 10.8. The Morgan fingerprint density at radius 3 is 2.79 bits per heavy atom. The van der Waals surface area contributed by atoms with E-state index in [1.807, 2.05) is 0 Å². The van der Waals surface area contributed by atoms with Crippen LogP contribution in [0, 0.1) is 5.95 Å². The molecule has 0 saturated heterocycles. The lowest BCUT2D eigenvalue weighted by atomic mass is 10.2. The molecule has 6 heteroatoms. The molecule has 1 aromatic rings. The smallest absolute Gasteiger partial charge is 0.305 e. The molecular weight excluding hydrogens is 251 g/mol. The number of esters is 1. The van der Waals surface area contributed by atoms with Crippen molar-refractivity contribution in [3.8, 4) is 0 Å². The van der Waals surface area contributed by atoms with Crippen LogP contribution >= 0.6 is 0 Å². The lowest BCUT2D eigenvalue weighted by Gasteiger charge is -2.04. The number of aromatic nitrogens is 1. The summed E-state index contributed by atoms with van der Waals surface area (Å²) in [6.07, 6.45) is 2.67. The van der Waals surface area contributed by atoms with Crippen molar-refractivity contribution in [2.75, 3.05) is 13.7 Å². The number of amides is 1. The maximum absolute atomic E-state index is 12.8. The van der Waals surface area contributed by atoms with Gasteiger partial charge in [0.1, 0.15) is 5.69 Å². The Kier molecular flexibility index (Phi) is 6.49. The molecule has 1 amide bonds. The van der Waals surface area contributed by atoms with E-state index in [9.17, 15) is 14.0 Å². The molecule has 0 bridgehead atoms. The molecule has 0 unspecified atom stereocenters. The summed E-state index contributed by atoms with van der Waals surface area (Å²) in [5.41, 5.74) is 0.0644. The number of pyridine rings is 1. The van der Waals surface area contributed by atoms with E-state index in [-0.39, 0.29) is 11.7 Å². The van der Waals surface area contributed by atoms with Gasteiger partial charge in [0.2, 0.25) is 5.95 Å². The van der Waals surface area contributed by atoms with Gasteiger partial charge in [0.05, 0.1) is 7.11 Å². The van der Waals surface area contributed by atoms with E-state index < -0.39 is 11.9 Å². The van der Waals surface area contributed by atoms with Crippen LogP contribution in [0.25, 0.3) is 0 Å². The number of hydrogen-bond donors (Lipinski definition) is 1. The van der Waals surface area contributed by atoms with Crippen LogP contribution in [-0.4, -0.2) is 30.5 Å². The molecule has 0 radical (unpaired) electrons. The Balaban J connectivity index is 2.16. The van der Waals surface area contributed by atoms with Crippen molar-refractivity contribution >= 4 is 11.9 Å². The number of hydrogen-bond acceptors (Lipinski definition) is 4. The van der Waals surface area contributed by atoms with Gasteiger partial charge >= 0.3 is 5.97 Å². The normalized spacial score (nSPS) is 10.0. The predicted molar refractivity (Wildman–Crippen MR) is 67.0 cm³/mol. The molecule has 1 aromatic heterocycles. The summed E-state index contributed by atoms with van der Waals surface area (Å²) in [5, 5.41) is 2.64. The SMILES string of the molecule is COC(=O)CCCCCNC(=O)c1cccc(F)n1. The Morgan fingerprint density at radius 1 is 1.32 bits per heavy atom. The molecule has 0 atom stereocenters. The number of ether oxygens (including phenoxy) is 1. The highest BCUT2D eigenvalue weighted by Crippen LogP contribution is 2.01. The third-order valence-electron chi connectivity index (χ3n) is 2.52. The summed E-state index contributed by atoms with van der Waals surface area (Å²) in [4.78, 5) is 25.9. The quantitative estimate of drug-likeness (QED) is 0.464. The highest BCUT2D eigenvalue weighted by atomic mass is 19.1. The average molecular weight is 268 g/mol. The van der Waals surface area contributed by atoms with E-state index in [1.165, 1.54) is 25.3 Å². The summed E-state index contributed by atoms with van der Waals surface area (Å²) in [5.74, 6) is -1.30. The molecule has 5 nitrogen and oxygen atoms in total. The highest BCUT2D eigenvalue weighted by Gasteiger charge is 2.07. The van der Waals surface area contributed by atoms with Crippen molar-refractivity contribution in [2.24, 2.45) is 0 Å². The second-order valence-electron chi connectivity index (χ2n) is 3.99. The molecular formula is C13H17FN2O3. The number of carbonyl (C=O) groups is 2. The maximum Gasteiger partial charge on any atom is 0.305 e. The van der Waals surface area contributed by atoms with Gasteiger partial charge in [-0.15, -0.1) is 0 Å². The molecule has 1 rings (SSSR count). The van der Waals surface area contributed by atoms with Crippen LogP contribution in [0.5, 0.6) is 0 Å². The number of halogens is 1. The summed E-state index contributed by atoms with van der Waals surface area (Å²) >= 11 is 0. The van der Waals surface area contributed by atoms with E-state index in [0.29, 0.717) is 13.0 Å². The van der Waals surface area contributed by atoms with E-state index in [4.69, 9.17) is 0 Å². The first-order valence-corrected chi connectivity index (χ1v) is 6.11. The lowest BCUT2D eigenvalue weighted by molar-refractivity contribution is -0.140. The summed E-state index contributed by atoms with van der Waals surface area (Å²) in [6, 6.07) is 4.08. The van der Waals surface area contributed by atoms with Gasteiger partial charge in [-0.05, 0) is 25.0 Å². The monoisotopic (exact) mass is 268 g/mol. The molecule has 1 heterocycles. The minimum atomic E-state index is -0.675. The van der Waals surface area contributed by atoms with Gasteiger partial charge in [-0.1, -0.05) is 12.5 Å². The van der Waals surface area contributed by atoms with E-state index in [2.05, 4.69) is 15.0 Å². The van der Waals surface area contributed by atoms with Crippen LogP contribution in [0.3, 0.4) is 0 Å². The standard InChI is InChI=1S/C13H17FN2O3/c1-19-12(17)8-3-2-4-9-15-13(18)10-6-5-7-11(14)16-10/h5-7H,2-4,8-9H2,1H3,(H,15,18). The minimum Gasteiger partial charge on any atom is -0.469 e. The summed E-state index contributed by atoms with van der Waals surface area (Å²) < 4.78 is 17.3. The van der Waals surface area contributed by atoms with Gasteiger partial charge in [0.15, 0.2) is 0 Å². The molecule has 0 spiro atoms. The van der Waals surface area contributed by atoms with E-state index in [0.717, 1.165) is 19.3 Å². The molecule has 104 valence electrons. The Bertz CT molecular complexity index is 438. The zero-order chi connectivity index (χ0) is 14.1. The lowest BCUT2D eigenvalue weighted by Crippen LogP contribution is -2.25. The van der Waals surface area contributed by atoms with Crippen LogP contribution in [-0.2, 0) is 9.53 Å². The Labute approximate surface area is 111 Å². The van der Waals surface area contributed by atoms with Crippen LogP contribution in [0.4, 0.5) is 4.39 Å². The fourth-order valence-corrected chi connectivity index (χ4v) is 1.50. The first kappa shape index (κ1) is 15.1. The Hall–Kier alpha value is -1.98. The van der Waals surface area contributed by atoms with Gasteiger partial charge < -0.3 is 10.1 Å². The molecule has 0 aliphatic carbocycles. The molecule has 0 aliphatic rings. The largest absolute Gasteiger partial charge is 0.469 e. The van der Waals surface area contributed by atoms with Gasteiger partial charge in [-0.3, -0.25) is 9.59 Å². The van der Waals surface area contributed by atoms with E-state index in [1.54, 1.807) is 0 Å². The van der Waals surface area contributed by atoms with Crippen molar-refractivity contribution < 1.29 is 18.7 Å². The third-order valence-corrected chi connectivity index (χ3v) is 2.52. The number of unbranched alkanes of at least 4 members (excludes halogenated alkanes) is 2. The van der Waals surface area contributed by atoms with Crippen molar-refractivity contribution in [1.29, 1.82) is 0 Å². The number of methoxy groups -OCH3 is 1. The number of carbonyl (C=O) groups excluding carboxylic acids is 2. The van der Waals surface area contributed by atoms with E-state index >= 15 is 0 Å². The molecule has 0 aliphatic heterocycles. The van der Waals surface area contributed by atoms with Crippen LogP contribution in [0.15, 0.2) is 18.2 Å². The fourth-order valence-electron chi connectivity index (χ4n) is 1.50. The summed E-state index contributed by atoms with van der Waals surface area (Å²) in [6.45, 7) is 0.470. The van der Waals surface area contributed by atoms with Crippen molar-refractivity contribution in [2.45, 2.75) is 25.7 Å².